The average Bonchev–Trinajstić information content (AvgIpc) is 2.78. The highest BCUT2D eigenvalue weighted by Gasteiger charge is 2.11. The maximum absolute atomic E-state index is 7.65. The molecule has 0 spiro atoms. The van der Waals surface area contributed by atoms with Gasteiger partial charge in [0.25, 0.3) is 0 Å². The topological polar surface area (TPSA) is 86.6 Å². The zero-order chi connectivity index (χ0) is 19.5. The number of fused-ring (bicyclic) bond motifs is 1. The predicted octanol–water partition coefficient (Wildman–Crippen LogP) is 4.44. The van der Waals surface area contributed by atoms with E-state index >= 15 is 0 Å². The molecule has 0 aliphatic rings. The molecule has 0 saturated heterocycles. The second-order valence-electron chi connectivity index (χ2n) is 6.32. The molecule has 6 heteroatoms. The number of nitrogens with zero attached hydrogens (tertiary/aromatic N) is 3. The van der Waals surface area contributed by atoms with E-state index in [1.165, 1.54) is 6.21 Å². The van der Waals surface area contributed by atoms with E-state index in [4.69, 9.17) is 10.4 Å². The molecule has 6 nitrogen and oxygen atoms in total. The Balaban J connectivity index is 1.84. The van der Waals surface area contributed by atoms with Crippen molar-refractivity contribution in [2.24, 2.45) is 0 Å². The highest BCUT2D eigenvalue weighted by molar-refractivity contribution is 5.95. The minimum absolute atomic E-state index is 0.641. The Bertz CT molecular complexity index is 1150. The molecule has 2 aromatic carbocycles. The van der Waals surface area contributed by atoms with Crippen molar-refractivity contribution in [2.75, 3.05) is 24.7 Å². The normalized spacial score (nSPS) is 10.6. The van der Waals surface area contributed by atoms with Crippen LogP contribution >= 0.6 is 0 Å². The first kappa shape index (κ1) is 17.6. The van der Waals surface area contributed by atoms with Gasteiger partial charge >= 0.3 is 0 Å². The molecule has 0 radical (unpaired) electrons. The molecule has 0 fully saturated rings. The van der Waals surface area contributed by atoms with Crippen LogP contribution in [0.5, 0.6) is 0 Å². The molecule has 0 atom stereocenters. The van der Waals surface area contributed by atoms with Crippen molar-refractivity contribution in [3.05, 3.63) is 66.5 Å². The summed E-state index contributed by atoms with van der Waals surface area (Å²) in [5.74, 6) is 1.41. The van der Waals surface area contributed by atoms with Crippen LogP contribution in [0, 0.1) is 5.41 Å². The molecule has 138 valence electrons. The van der Waals surface area contributed by atoms with Gasteiger partial charge in [0.1, 0.15) is 5.82 Å². The fraction of sp³-hybridized carbons (Fsp3) is 0.0909. The number of rotatable bonds is 5. The van der Waals surface area contributed by atoms with Gasteiger partial charge in [-0.25, -0.2) is 9.97 Å². The third-order valence-corrected chi connectivity index (χ3v) is 4.66. The number of hydrogen-bond donors (Lipinski definition) is 3. The van der Waals surface area contributed by atoms with Crippen LogP contribution in [0.25, 0.3) is 33.4 Å². The summed E-state index contributed by atoms with van der Waals surface area (Å²) in [6, 6.07) is 16.0. The first-order chi connectivity index (χ1) is 13.7. The molecule has 0 aliphatic carbocycles. The molecule has 0 bridgehead atoms. The van der Waals surface area contributed by atoms with Crippen LogP contribution in [0.2, 0.25) is 0 Å². The molecule has 2 heterocycles. The maximum Gasteiger partial charge on any atom is 0.163 e. The third kappa shape index (κ3) is 3.16. The van der Waals surface area contributed by atoms with Crippen molar-refractivity contribution in [1.29, 1.82) is 5.41 Å². The molecule has 28 heavy (non-hydrogen) atoms. The van der Waals surface area contributed by atoms with Crippen molar-refractivity contribution >= 4 is 28.6 Å². The van der Waals surface area contributed by atoms with E-state index in [1.807, 2.05) is 56.6 Å². The molecule has 2 aromatic heterocycles. The zero-order valence-electron chi connectivity index (χ0n) is 15.7. The van der Waals surface area contributed by atoms with Gasteiger partial charge in [0.2, 0.25) is 0 Å². The highest BCUT2D eigenvalue weighted by atomic mass is 15.0. The smallest absolute Gasteiger partial charge is 0.163 e. The summed E-state index contributed by atoms with van der Waals surface area (Å²) in [5.41, 5.74) is 5.60. The van der Waals surface area contributed by atoms with E-state index in [1.54, 1.807) is 12.4 Å². The summed E-state index contributed by atoms with van der Waals surface area (Å²) >= 11 is 0. The minimum Gasteiger partial charge on any atom is -0.388 e. The second-order valence-corrected chi connectivity index (χ2v) is 6.32. The molecule has 0 aliphatic heterocycles. The quantitative estimate of drug-likeness (QED) is 0.453. The van der Waals surface area contributed by atoms with E-state index in [0.29, 0.717) is 5.82 Å². The summed E-state index contributed by atoms with van der Waals surface area (Å²) < 4.78 is 0. The van der Waals surface area contributed by atoms with Crippen molar-refractivity contribution < 1.29 is 0 Å². The van der Waals surface area contributed by atoms with Crippen LogP contribution in [0.3, 0.4) is 0 Å². The number of nitrogens with one attached hydrogen (secondary N) is 3. The van der Waals surface area contributed by atoms with Crippen molar-refractivity contribution in [3.63, 3.8) is 0 Å². The molecular weight excluding hydrogens is 348 g/mol. The summed E-state index contributed by atoms with van der Waals surface area (Å²) in [6.07, 6.45) is 4.85. The monoisotopic (exact) mass is 368 g/mol. The van der Waals surface area contributed by atoms with E-state index < -0.39 is 0 Å². The molecular formula is C22H20N6. The van der Waals surface area contributed by atoms with Crippen LogP contribution < -0.4 is 10.6 Å². The fourth-order valence-corrected chi connectivity index (χ4v) is 3.21. The van der Waals surface area contributed by atoms with Gasteiger partial charge < -0.3 is 16.0 Å². The van der Waals surface area contributed by atoms with E-state index in [-0.39, 0.29) is 0 Å². The average molecular weight is 368 g/mol. The Hall–Kier alpha value is -3.80. The lowest BCUT2D eigenvalue weighted by molar-refractivity contribution is 1.20. The van der Waals surface area contributed by atoms with E-state index in [0.717, 1.165) is 44.7 Å². The molecule has 4 aromatic rings. The Morgan fingerprint density at radius 1 is 0.893 bits per heavy atom. The van der Waals surface area contributed by atoms with Gasteiger partial charge in [-0.2, -0.15) is 0 Å². The predicted molar refractivity (Wildman–Crippen MR) is 115 cm³/mol. The lowest BCUT2D eigenvalue weighted by Crippen LogP contribution is -1.99. The number of anilines is 2. The Morgan fingerprint density at radius 2 is 1.71 bits per heavy atom. The van der Waals surface area contributed by atoms with Crippen molar-refractivity contribution in [2.45, 2.75) is 0 Å². The van der Waals surface area contributed by atoms with Crippen LogP contribution in [0.15, 0.2) is 60.9 Å². The number of pyridine rings is 1. The van der Waals surface area contributed by atoms with Crippen molar-refractivity contribution in [1.82, 2.24) is 15.0 Å². The maximum atomic E-state index is 7.65. The Morgan fingerprint density at radius 3 is 2.43 bits per heavy atom. The van der Waals surface area contributed by atoms with Gasteiger partial charge in [-0.05, 0) is 47.5 Å². The standard InChI is InChI=1S/C22H20N6/c1-24-19-7-5-14(10-17(19)12-23)15-6-8-20-18(11-15)22(25-2)28-21(27-20)16-4-3-9-26-13-16/h3-13,23-24H,1-2H3,(H,25,27,28). The van der Waals surface area contributed by atoms with Crippen LogP contribution in [-0.2, 0) is 0 Å². The summed E-state index contributed by atoms with van der Waals surface area (Å²) in [6.45, 7) is 0. The molecule has 0 amide bonds. The first-order valence-electron chi connectivity index (χ1n) is 8.96. The summed E-state index contributed by atoms with van der Waals surface area (Å²) in [4.78, 5) is 13.5. The largest absolute Gasteiger partial charge is 0.388 e. The van der Waals surface area contributed by atoms with Gasteiger partial charge in [0.05, 0.1) is 5.52 Å². The number of benzene rings is 2. The SMILES string of the molecule is CNc1ccc(-c2ccc3nc(-c4cccnc4)nc(NC)c3c2)cc1C=N. The lowest BCUT2D eigenvalue weighted by atomic mass is 10.0. The molecule has 0 saturated carbocycles. The van der Waals surface area contributed by atoms with E-state index in [9.17, 15) is 0 Å². The zero-order valence-corrected chi connectivity index (χ0v) is 15.7. The van der Waals surface area contributed by atoms with Crippen molar-refractivity contribution in [3.8, 4) is 22.5 Å². The fourth-order valence-electron chi connectivity index (χ4n) is 3.21. The molecule has 0 unspecified atom stereocenters. The third-order valence-electron chi connectivity index (χ3n) is 4.66. The summed E-state index contributed by atoms with van der Waals surface area (Å²) in [5, 5.41) is 14.9. The first-order valence-corrected chi connectivity index (χ1v) is 8.96. The van der Waals surface area contributed by atoms with E-state index in [2.05, 4.69) is 26.7 Å². The Labute approximate surface area is 163 Å². The van der Waals surface area contributed by atoms with Gasteiger partial charge in [0.15, 0.2) is 5.82 Å². The summed E-state index contributed by atoms with van der Waals surface area (Å²) in [7, 11) is 3.71. The van der Waals surface area contributed by atoms with Gasteiger partial charge in [-0.15, -0.1) is 0 Å². The highest BCUT2D eigenvalue weighted by Crippen LogP contribution is 2.30. The lowest BCUT2D eigenvalue weighted by Gasteiger charge is -2.11. The van der Waals surface area contributed by atoms with Crippen LogP contribution in [-0.4, -0.2) is 35.3 Å². The van der Waals surface area contributed by atoms with Crippen LogP contribution in [0.4, 0.5) is 11.5 Å². The molecule has 3 N–H and O–H groups in total. The second kappa shape index (κ2) is 7.44. The van der Waals surface area contributed by atoms with Gasteiger partial charge in [0, 0.05) is 54.9 Å². The minimum atomic E-state index is 0.641. The Kier molecular flexibility index (Phi) is 4.68. The van der Waals surface area contributed by atoms with Gasteiger partial charge in [-0.1, -0.05) is 12.1 Å². The number of aromatic nitrogens is 3. The molecule has 4 rings (SSSR count). The number of hydrogen-bond acceptors (Lipinski definition) is 6. The van der Waals surface area contributed by atoms with Gasteiger partial charge in [-0.3, -0.25) is 4.98 Å². The van der Waals surface area contributed by atoms with Crippen LogP contribution in [0.1, 0.15) is 5.56 Å².